The number of nitrogens with one attached hydrogen (secondary N) is 1. The second-order valence-electron chi connectivity index (χ2n) is 5.35. The Balaban J connectivity index is 2.03. The van der Waals surface area contributed by atoms with Crippen molar-refractivity contribution in [3.8, 4) is 0 Å². The first-order valence-corrected chi connectivity index (χ1v) is 7.00. The molecule has 0 aliphatic carbocycles. The Morgan fingerprint density at radius 3 is 2.78 bits per heavy atom. The maximum Gasteiger partial charge on any atom is 0.151 e. The van der Waals surface area contributed by atoms with Crippen molar-refractivity contribution in [3.05, 3.63) is 17.8 Å². The molecule has 1 aliphatic rings. The van der Waals surface area contributed by atoms with E-state index < -0.39 is 0 Å². The molecular formula is C14H24N4. The van der Waals surface area contributed by atoms with Crippen molar-refractivity contribution in [3.63, 3.8) is 0 Å². The lowest BCUT2D eigenvalue weighted by atomic mass is 9.95. The molecule has 0 radical (unpaired) electrons. The van der Waals surface area contributed by atoms with Crippen LogP contribution in [-0.4, -0.2) is 29.3 Å². The average molecular weight is 248 g/mol. The normalized spacial score (nSPS) is 24.3. The number of rotatable bonds is 4. The minimum Gasteiger partial charge on any atom is -0.352 e. The van der Waals surface area contributed by atoms with Crippen LogP contribution in [0.2, 0.25) is 0 Å². The number of nitrogens with zero attached hydrogens (tertiary/aromatic N) is 3. The Kier molecular flexibility index (Phi) is 4.53. The first-order chi connectivity index (χ1) is 8.70. The van der Waals surface area contributed by atoms with Crippen molar-refractivity contribution in [2.75, 3.05) is 18.0 Å². The lowest BCUT2D eigenvalue weighted by molar-refractivity contribution is 0.387. The van der Waals surface area contributed by atoms with Gasteiger partial charge in [-0.3, -0.25) is 0 Å². The first-order valence-electron chi connectivity index (χ1n) is 7.00. The van der Waals surface area contributed by atoms with E-state index in [1.165, 1.54) is 12.8 Å². The molecule has 1 aromatic heterocycles. The van der Waals surface area contributed by atoms with Crippen LogP contribution >= 0.6 is 0 Å². The minimum atomic E-state index is 0.579. The van der Waals surface area contributed by atoms with Crippen molar-refractivity contribution < 1.29 is 0 Å². The molecule has 100 valence electrons. The lowest BCUT2D eigenvalue weighted by Crippen LogP contribution is -2.41. The lowest BCUT2D eigenvalue weighted by Gasteiger charge is -2.37. The van der Waals surface area contributed by atoms with Gasteiger partial charge in [-0.15, -0.1) is 5.10 Å². The molecule has 1 fully saturated rings. The molecule has 1 aromatic rings. The highest BCUT2D eigenvalue weighted by molar-refractivity contribution is 5.39. The maximum atomic E-state index is 4.38. The van der Waals surface area contributed by atoms with Gasteiger partial charge in [-0.05, 0) is 44.4 Å². The fourth-order valence-corrected chi connectivity index (χ4v) is 2.46. The summed E-state index contributed by atoms with van der Waals surface area (Å²) in [5.41, 5.74) is 1.01. The van der Waals surface area contributed by atoms with E-state index in [1.807, 2.05) is 0 Å². The highest BCUT2D eigenvalue weighted by Crippen LogP contribution is 2.25. The van der Waals surface area contributed by atoms with Crippen molar-refractivity contribution >= 4 is 5.82 Å². The zero-order valence-electron chi connectivity index (χ0n) is 11.7. The molecule has 0 aromatic carbocycles. The zero-order chi connectivity index (χ0) is 13.0. The van der Waals surface area contributed by atoms with E-state index in [0.717, 1.165) is 37.1 Å². The average Bonchev–Trinajstić information content (AvgIpc) is 2.40. The second-order valence-corrected chi connectivity index (χ2v) is 5.35. The molecule has 1 aliphatic heterocycles. The third-order valence-electron chi connectivity index (χ3n) is 3.67. The van der Waals surface area contributed by atoms with Crippen LogP contribution in [0.15, 0.2) is 12.1 Å². The predicted molar refractivity (Wildman–Crippen MR) is 74.6 cm³/mol. The van der Waals surface area contributed by atoms with E-state index in [4.69, 9.17) is 0 Å². The SMILES string of the molecule is CCNCc1ccc(N2CC(C)CCC2C)nn1. The number of anilines is 1. The molecule has 4 heteroatoms. The Hall–Kier alpha value is -1.16. The van der Waals surface area contributed by atoms with Crippen molar-refractivity contribution in [2.24, 2.45) is 5.92 Å². The zero-order valence-corrected chi connectivity index (χ0v) is 11.7. The molecule has 2 rings (SSSR count). The van der Waals surface area contributed by atoms with E-state index in [0.29, 0.717) is 6.04 Å². The van der Waals surface area contributed by atoms with Gasteiger partial charge in [0.15, 0.2) is 5.82 Å². The third-order valence-corrected chi connectivity index (χ3v) is 3.67. The summed E-state index contributed by atoms with van der Waals surface area (Å²) in [5.74, 6) is 1.78. The van der Waals surface area contributed by atoms with Crippen LogP contribution in [0, 0.1) is 5.92 Å². The van der Waals surface area contributed by atoms with Crippen LogP contribution in [0.25, 0.3) is 0 Å². The minimum absolute atomic E-state index is 0.579. The van der Waals surface area contributed by atoms with Gasteiger partial charge >= 0.3 is 0 Å². The van der Waals surface area contributed by atoms with Crippen LogP contribution in [0.4, 0.5) is 5.82 Å². The predicted octanol–water partition coefficient (Wildman–Crippen LogP) is 2.21. The smallest absolute Gasteiger partial charge is 0.151 e. The van der Waals surface area contributed by atoms with Gasteiger partial charge in [0.05, 0.1) is 5.69 Å². The molecule has 0 spiro atoms. The number of hydrogen-bond donors (Lipinski definition) is 1. The molecule has 2 heterocycles. The van der Waals surface area contributed by atoms with Crippen molar-refractivity contribution in [2.45, 2.75) is 46.2 Å². The number of aromatic nitrogens is 2. The summed E-state index contributed by atoms with van der Waals surface area (Å²) in [5, 5.41) is 11.9. The standard InChI is InChI=1S/C14H24N4/c1-4-15-9-13-7-8-14(17-16-13)18-10-11(2)5-6-12(18)3/h7-8,11-12,15H,4-6,9-10H2,1-3H3. The summed E-state index contributed by atoms with van der Waals surface area (Å²) in [6.07, 6.45) is 2.57. The van der Waals surface area contributed by atoms with Crippen LogP contribution in [0.3, 0.4) is 0 Å². The largest absolute Gasteiger partial charge is 0.352 e. The quantitative estimate of drug-likeness (QED) is 0.887. The number of piperidine rings is 1. The van der Waals surface area contributed by atoms with E-state index >= 15 is 0 Å². The number of hydrogen-bond acceptors (Lipinski definition) is 4. The maximum absolute atomic E-state index is 4.38. The Morgan fingerprint density at radius 1 is 1.28 bits per heavy atom. The van der Waals surface area contributed by atoms with E-state index in [1.54, 1.807) is 0 Å². The Morgan fingerprint density at radius 2 is 2.11 bits per heavy atom. The molecular weight excluding hydrogens is 224 g/mol. The highest BCUT2D eigenvalue weighted by Gasteiger charge is 2.23. The summed E-state index contributed by atoms with van der Waals surface area (Å²) in [4.78, 5) is 2.39. The molecule has 1 N–H and O–H groups in total. The fourth-order valence-electron chi connectivity index (χ4n) is 2.46. The van der Waals surface area contributed by atoms with Crippen molar-refractivity contribution in [1.29, 1.82) is 0 Å². The summed E-state index contributed by atoms with van der Waals surface area (Å²) < 4.78 is 0. The monoisotopic (exact) mass is 248 g/mol. The molecule has 18 heavy (non-hydrogen) atoms. The van der Waals surface area contributed by atoms with Crippen LogP contribution < -0.4 is 10.2 Å². The van der Waals surface area contributed by atoms with Crippen LogP contribution in [0.5, 0.6) is 0 Å². The van der Waals surface area contributed by atoms with Gasteiger partial charge in [-0.2, -0.15) is 5.10 Å². The van der Waals surface area contributed by atoms with Gasteiger partial charge in [-0.1, -0.05) is 13.8 Å². The van der Waals surface area contributed by atoms with Gasteiger partial charge < -0.3 is 10.2 Å². The summed E-state index contributed by atoms with van der Waals surface area (Å²) >= 11 is 0. The highest BCUT2D eigenvalue weighted by atomic mass is 15.3. The molecule has 0 saturated carbocycles. The molecule has 0 amide bonds. The Labute approximate surface area is 110 Å². The van der Waals surface area contributed by atoms with Gasteiger partial charge in [-0.25, -0.2) is 0 Å². The van der Waals surface area contributed by atoms with E-state index in [9.17, 15) is 0 Å². The van der Waals surface area contributed by atoms with E-state index in [-0.39, 0.29) is 0 Å². The van der Waals surface area contributed by atoms with Crippen LogP contribution in [-0.2, 0) is 6.54 Å². The molecule has 2 unspecified atom stereocenters. The molecule has 2 atom stereocenters. The topological polar surface area (TPSA) is 41.0 Å². The van der Waals surface area contributed by atoms with E-state index in [2.05, 4.69) is 53.3 Å². The summed E-state index contributed by atoms with van der Waals surface area (Å²) in [7, 11) is 0. The van der Waals surface area contributed by atoms with Gasteiger partial charge in [0.2, 0.25) is 0 Å². The summed E-state index contributed by atoms with van der Waals surface area (Å²) in [6.45, 7) is 9.55. The fraction of sp³-hybridized carbons (Fsp3) is 0.714. The first kappa shape index (κ1) is 13.3. The molecule has 4 nitrogen and oxygen atoms in total. The molecule has 0 bridgehead atoms. The molecule has 1 saturated heterocycles. The Bertz CT molecular complexity index is 363. The van der Waals surface area contributed by atoms with Crippen molar-refractivity contribution in [1.82, 2.24) is 15.5 Å². The van der Waals surface area contributed by atoms with Gasteiger partial charge in [0.25, 0.3) is 0 Å². The van der Waals surface area contributed by atoms with Crippen LogP contribution in [0.1, 0.15) is 39.3 Å². The second kappa shape index (κ2) is 6.14. The summed E-state index contributed by atoms with van der Waals surface area (Å²) in [6, 6.07) is 4.76. The van der Waals surface area contributed by atoms with Gasteiger partial charge in [0, 0.05) is 19.1 Å². The van der Waals surface area contributed by atoms with Gasteiger partial charge in [0.1, 0.15) is 0 Å². The third kappa shape index (κ3) is 3.19.